The Morgan fingerprint density at radius 1 is 1.36 bits per heavy atom. The van der Waals surface area contributed by atoms with Gasteiger partial charge in [-0.3, -0.25) is 0 Å². The smallest absolute Gasteiger partial charge is 0.301 e. The second-order valence-electron chi connectivity index (χ2n) is 4.27. The van der Waals surface area contributed by atoms with E-state index >= 15 is 0 Å². The van der Waals surface area contributed by atoms with Crippen LogP contribution in [0.2, 0.25) is 0 Å². The lowest BCUT2D eigenvalue weighted by atomic mass is 10.1. The first-order valence-electron chi connectivity index (χ1n) is 5.26. The molecule has 1 N–H and O–H groups in total. The Bertz CT molecular complexity index is 184. The summed E-state index contributed by atoms with van der Waals surface area (Å²) in [6, 6.07) is -0.0286. The summed E-state index contributed by atoms with van der Waals surface area (Å²) in [6.45, 7) is 3.88. The first-order chi connectivity index (χ1) is 6.41. The zero-order chi connectivity index (χ0) is 10.8. The molecule has 0 aromatic heterocycles. The van der Waals surface area contributed by atoms with Gasteiger partial charge in [0.05, 0.1) is 0 Å². The Hall–Kier alpha value is -0.250. The van der Waals surface area contributed by atoms with Crippen molar-refractivity contribution in [3.63, 3.8) is 0 Å². The van der Waals surface area contributed by atoms with Gasteiger partial charge in [-0.25, -0.2) is 0 Å². The Balaban J connectivity index is 2.36. The summed E-state index contributed by atoms with van der Waals surface area (Å²) >= 11 is 0. The molecule has 1 atom stereocenters. The van der Waals surface area contributed by atoms with E-state index in [1.54, 1.807) is 0 Å². The average molecular weight is 209 g/mol. The summed E-state index contributed by atoms with van der Waals surface area (Å²) in [7, 11) is 0. The van der Waals surface area contributed by atoms with Crippen molar-refractivity contribution in [1.82, 2.24) is 5.32 Å². The van der Waals surface area contributed by atoms with E-state index in [0.29, 0.717) is 0 Å². The van der Waals surface area contributed by atoms with Crippen LogP contribution in [0.25, 0.3) is 0 Å². The lowest BCUT2D eigenvalue weighted by Gasteiger charge is -2.25. The first-order valence-corrected chi connectivity index (χ1v) is 5.26. The van der Waals surface area contributed by atoms with Gasteiger partial charge in [0, 0.05) is 6.04 Å². The minimum absolute atomic E-state index is 0.0286. The van der Waals surface area contributed by atoms with Gasteiger partial charge in [-0.15, -0.1) is 0 Å². The predicted octanol–water partition coefficient (Wildman–Crippen LogP) is 3.25. The van der Waals surface area contributed by atoms with Gasteiger partial charge in [0.15, 0.2) is 0 Å². The van der Waals surface area contributed by atoms with E-state index in [1.807, 2.05) is 13.8 Å². The van der Waals surface area contributed by atoms with Gasteiger partial charge in [-0.1, -0.05) is 19.8 Å². The summed E-state index contributed by atoms with van der Waals surface area (Å²) in [5.74, 6) is 0. The molecule has 0 bridgehead atoms. The third kappa shape index (κ3) is 2.62. The van der Waals surface area contributed by atoms with Crippen LogP contribution in [0, 0.1) is 0 Å². The van der Waals surface area contributed by atoms with Crippen molar-refractivity contribution >= 4 is 0 Å². The molecule has 0 radical (unpaired) electrons. The molecule has 1 fully saturated rings. The van der Waals surface area contributed by atoms with Gasteiger partial charge in [-0.2, -0.15) is 13.2 Å². The highest BCUT2D eigenvalue weighted by Crippen LogP contribution is 2.49. The molecule has 84 valence electrons. The lowest BCUT2D eigenvalue weighted by Crippen LogP contribution is -2.48. The summed E-state index contributed by atoms with van der Waals surface area (Å²) < 4.78 is 37.5. The van der Waals surface area contributed by atoms with Gasteiger partial charge in [-0.05, 0) is 26.2 Å². The van der Waals surface area contributed by atoms with Crippen molar-refractivity contribution in [2.75, 3.05) is 0 Å². The van der Waals surface area contributed by atoms with Crippen molar-refractivity contribution in [2.45, 2.75) is 63.7 Å². The Kier molecular flexibility index (Phi) is 3.45. The zero-order valence-corrected chi connectivity index (χ0v) is 8.75. The SMILES string of the molecule is CCCCC(C)NC1(C(F)(F)F)CC1. The second kappa shape index (κ2) is 4.09. The van der Waals surface area contributed by atoms with E-state index in [4.69, 9.17) is 0 Å². The number of hydrogen-bond acceptors (Lipinski definition) is 1. The molecule has 0 aromatic carbocycles. The zero-order valence-electron chi connectivity index (χ0n) is 8.75. The fraction of sp³-hybridized carbons (Fsp3) is 1.00. The van der Waals surface area contributed by atoms with Gasteiger partial charge < -0.3 is 5.32 Å². The van der Waals surface area contributed by atoms with Crippen molar-refractivity contribution in [3.8, 4) is 0 Å². The predicted molar refractivity (Wildman–Crippen MR) is 50.1 cm³/mol. The van der Waals surface area contributed by atoms with Crippen LogP contribution >= 0.6 is 0 Å². The van der Waals surface area contributed by atoms with Crippen molar-refractivity contribution < 1.29 is 13.2 Å². The highest BCUT2D eigenvalue weighted by Gasteiger charge is 2.63. The molecule has 1 aliphatic rings. The monoisotopic (exact) mass is 209 g/mol. The number of unbranched alkanes of at least 4 members (excludes halogenated alkanes) is 1. The summed E-state index contributed by atoms with van der Waals surface area (Å²) in [5, 5.41) is 2.72. The molecule has 0 aromatic rings. The number of rotatable bonds is 5. The molecular formula is C10H18F3N. The fourth-order valence-corrected chi connectivity index (χ4v) is 1.69. The minimum atomic E-state index is -4.08. The van der Waals surface area contributed by atoms with Crippen molar-refractivity contribution in [2.24, 2.45) is 0 Å². The molecule has 1 rings (SSSR count). The number of hydrogen-bond donors (Lipinski definition) is 1. The minimum Gasteiger partial charge on any atom is -0.301 e. The van der Waals surface area contributed by atoms with Gasteiger partial charge >= 0.3 is 6.18 Å². The number of nitrogens with one attached hydrogen (secondary N) is 1. The van der Waals surface area contributed by atoms with E-state index in [0.717, 1.165) is 19.3 Å². The van der Waals surface area contributed by atoms with Crippen LogP contribution in [0.15, 0.2) is 0 Å². The molecular weight excluding hydrogens is 191 g/mol. The van der Waals surface area contributed by atoms with Gasteiger partial charge in [0.25, 0.3) is 0 Å². The normalized spacial score (nSPS) is 22.1. The third-order valence-electron chi connectivity index (χ3n) is 2.81. The standard InChI is InChI=1S/C10H18F3N/c1-3-4-5-8(2)14-9(6-7-9)10(11,12)13/h8,14H,3-7H2,1-2H3. The second-order valence-corrected chi connectivity index (χ2v) is 4.27. The van der Waals surface area contributed by atoms with Crippen LogP contribution in [0.5, 0.6) is 0 Å². The van der Waals surface area contributed by atoms with Crippen molar-refractivity contribution in [1.29, 1.82) is 0 Å². The summed E-state index contributed by atoms with van der Waals surface area (Å²) in [5.41, 5.74) is -1.54. The largest absolute Gasteiger partial charge is 0.406 e. The maximum atomic E-state index is 12.5. The van der Waals surface area contributed by atoms with E-state index in [-0.39, 0.29) is 18.9 Å². The average Bonchev–Trinajstić information content (AvgIpc) is 2.80. The van der Waals surface area contributed by atoms with Crippen LogP contribution in [0.1, 0.15) is 46.0 Å². The molecule has 14 heavy (non-hydrogen) atoms. The van der Waals surface area contributed by atoms with Crippen LogP contribution in [0.4, 0.5) is 13.2 Å². The molecule has 1 unspecified atom stereocenters. The first kappa shape index (κ1) is 11.8. The fourth-order valence-electron chi connectivity index (χ4n) is 1.69. The molecule has 0 heterocycles. The lowest BCUT2D eigenvalue weighted by molar-refractivity contribution is -0.167. The molecule has 4 heteroatoms. The summed E-state index contributed by atoms with van der Waals surface area (Å²) in [6.07, 6.45) is -0.741. The van der Waals surface area contributed by atoms with E-state index in [1.165, 1.54) is 0 Å². The maximum Gasteiger partial charge on any atom is 0.406 e. The topological polar surface area (TPSA) is 12.0 Å². The maximum absolute atomic E-state index is 12.5. The van der Waals surface area contributed by atoms with Gasteiger partial charge in [0.1, 0.15) is 5.54 Å². The van der Waals surface area contributed by atoms with E-state index in [2.05, 4.69) is 5.32 Å². The van der Waals surface area contributed by atoms with Crippen LogP contribution in [0.3, 0.4) is 0 Å². The molecule has 0 amide bonds. The Morgan fingerprint density at radius 2 is 1.93 bits per heavy atom. The van der Waals surface area contributed by atoms with Crippen molar-refractivity contribution in [3.05, 3.63) is 0 Å². The quantitative estimate of drug-likeness (QED) is 0.732. The molecule has 1 aliphatic carbocycles. The molecule has 0 saturated heterocycles. The highest BCUT2D eigenvalue weighted by atomic mass is 19.4. The van der Waals surface area contributed by atoms with Crippen LogP contribution in [-0.4, -0.2) is 17.8 Å². The molecule has 1 saturated carbocycles. The van der Waals surface area contributed by atoms with Crippen LogP contribution in [-0.2, 0) is 0 Å². The summed E-state index contributed by atoms with van der Waals surface area (Å²) in [4.78, 5) is 0. The third-order valence-corrected chi connectivity index (χ3v) is 2.81. The molecule has 1 nitrogen and oxygen atoms in total. The number of halogens is 3. The van der Waals surface area contributed by atoms with Crippen LogP contribution < -0.4 is 5.32 Å². The molecule has 0 aliphatic heterocycles. The Labute approximate surface area is 83.1 Å². The Morgan fingerprint density at radius 3 is 2.29 bits per heavy atom. The van der Waals surface area contributed by atoms with E-state index in [9.17, 15) is 13.2 Å². The van der Waals surface area contributed by atoms with Gasteiger partial charge in [0.2, 0.25) is 0 Å². The van der Waals surface area contributed by atoms with E-state index < -0.39 is 11.7 Å². The highest BCUT2D eigenvalue weighted by molar-refractivity contribution is 5.08. The molecule has 0 spiro atoms. The number of alkyl halides is 3.